The zero-order valence-electron chi connectivity index (χ0n) is 18.5. The van der Waals surface area contributed by atoms with E-state index in [1.54, 1.807) is 7.11 Å². The second-order valence-electron chi connectivity index (χ2n) is 7.54. The van der Waals surface area contributed by atoms with Gasteiger partial charge >= 0.3 is 0 Å². The second kappa shape index (κ2) is 9.83. The highest BCUT2D eigenvalue weighted by Crippen LogP contribution is 2.22. The van der Waals surface area contributed by atoms with E-state index in [1.165, 1.54) is 28.7 Å². The van der Waals surface area contributed by atoms with Gasteiger partial charge in [0, 0.05) is 23.6 Å². The highest BCUT2D eigenvalue weighted by molar-refractivity contribution is 7.99. The van der Waals surface area contributed by atoms with Crippen LogP contribution in [-0.2, 0) is 11.3 Å². The van der Waals surface area contributed by atoms with Gasteiger partial charge in [-0.25, -0.2) is 15.0 Å². The third-order valence-electron chi connectivity index (χ3n) is 4.92. The SMILES string of the molecule is COc1ccccc1Cn1c(SCC(=O)Nc2cc(C)cc(C)c2)nc2nccnc2c1=O. The Morgan fingerprint density at radius 1 is 1.09 bits per heavy atom. The van der Waals surface area contributed by atoms with Gasteiger partial charge < -0.3 is 10.1 Å². The van der Waals surface area contributed by atoms with Gasteiger partial charge in [0.2, 0.25) is 5.91 Å². The molecule has 4 aromatic rings. The fraction of sp³-hybridized carbons (Fsp3) is 0.208. The first kappa shape index (κ1) is 22.5. The molecule has 2 aromatic heterocycles. The minimum Gasteiger partial charge on any atom is -0.496 e. The van der Waals surface area contributed by atoms with Crippen molar-refractivity contribution < 1.29 is 9.53 Å². The molecule has 0 bridgehead atoms. The lowest BCUT2D eigenvalue weighted by Crippen LogP contribution is -2.26. The van der Waals surface area contributed by atoms with Crippen LogP contribution in [0.15, 0.2) is 64.8 Å². The van der Waals surface area contributed by atoms with Crippen molar-refractivity contribution in [3.05, 3.63) is 81.9 Å². The Labute approximate surface area is 195 Å². The van der Waals surface area contributed by atoms with E-state index >= 15 is 0 Å². The summed E-state index contributed by atoms with van der Waals surface area (Å²) < 4.78 is 6.94. The molecule has 0 aliphatic heterocycles. The molecule has 1 N–H and O–H groups in total. The molecule has 0 atom stereocenters. The second-order valence-corrected chi connectivity index (χ2v) is 8.48. The monoisotopic (exact) mass is 461 g/mol. The molecule has 4 rings (SSSR count). The van der Waals surface area contributed by atoms with E-state index < -0.39 is 0 Å². The summed E-state index contributed by atoms with van der Waals surface area (Å²) in [7, 11) is 1.58. The van der Waals surface area contributed by atoms with Crippen LogP contribution in [-0.4, -0.2) is 38.3 Å². The lowest BCUT2D eigenvalue weighted by Gasteiger charge is -2.14. The number of amides is 1. The largest absolute Gasteiger partial charge is 0.496 e. The zero-order chi connectivity index (χ0) is 23.4. The van der Waals surface area contributed by atoms with Crippen molar-refractivity contribution in [2.75, 3.05) is 18.2 Å². The average Bonchev–Trinajstić information content (AvgIpc) is 2.79. The van der Waals surface area contributed by atoms with E-state index in [9.17, 15) is 9.59 Å². The molecule has 0 aliphatic carbocycles. The number of hydrogen-bond donors (Lipinski definition) is 1. The number of nitrogens with zero attached hydrogens (tertiary/aromatic N) is 4. The number of anilines is 1. The smallest absolute Gasteiger partial charge is 0.282 e. The van der Waals surface area contributed by atoms with Crippen molar-refractivity contribution >= 4 is 34.5 Å². The van der Waals surface area contributed by atoms with Crippen LogP contribution < -0.4 is 15.6 Å². The molecular formula is C24H23N5O3S. The van der Waals surface area contributed by atoms with Crippen LogP contribution >= 0.6 is 11.8 Å². The first-order valence-electron chi connectivity index (χ1n) is 10.3. The van der Waals surface area contributed by atoms with E-state index in [0.717, 1.165) is 22.4 Å². The first-order chi connectivity index (χ1) is 15.9. The van der Waals surface area contributed by atoms with Crippen LogP contribution in [0.3, 0.4) is 0 Å². The summed E-state index contributed by atoms with van der Waals surface area (Å²) in [5.74, 6) is 0.548. The van der Waals surface area contributed by atoms with Crippen LogP contribution in [0.4, 0.5) is 5.69 Å². The van der Waals surface area contributed by atoms with Gasteiger partial charge in [0.1, 0.15) is 5.75 Å². The predicted octanol–water partition coefficient (Wildman–Crippen LogP) is 3.59. The standard InChI is InChI=1S/C24H23N5O3S/c1-15-10-16(2)12-18(11-15)27-20(30)14-33-24-28-22-21(25-8-9-26-22)23(31)29(24)13-17-6-4-5-7-19(17)32-3/h4-12H,13-14H2,1-3H3,(H,27,30). The quantitative estimate of drug-likeness (QED) is 0.332. The van der Waals surface area contributed by atoms with Crippen LogP contribution in [0.25, 0.3) is 11.2 Å². The lowest BCUT2D eigenvalue weighted by atomic mass is 10.1. The number of para-hydroxylation sites is 1. The molecule has 168 valence electrons. The van der Waals surface area contributed by atoms with Gasteiger partial charge in [-0.2, -0.15) is 0 Å². The number of benzene rings is 2. The molecule has 9 heteroatoms. The van der Waals surface area contributed by atoms with Crippen molar-refractivity contribution in [3.63, 3.8) is 0 Å². The van der Waals surface area contributed by atoms with Crippen molar-refractivity contribution in [1.82, 2.24) is 19.5 Å². The maximum absolute atomic E-state index is 13.2. The number of nitrogens with one attached hydrogen (secondary N) is 1. The minimum atomic E-state index is -0.323. The molecule has 0 spiro atoms. The molecule has 0 unspecified atom stereocenters. The van der Waals surface area contributed by atoms with Gasteiger partial charge in [0.05, 0.1) is 19.4 Å². The number of aromatic nitrogens is 4. The van der Waals surface area contributed by atoms with Crippen molar-refractivity contribution in [2.45, 2.75) is 25.5 Å². The van der Waals surface area contributed by atoms with Gasteiger partial charge in [-0.05, 0) is 43.2 Å². The molecular weight excluding hydrogens is 438 g/mol. The Morgan fingerprint density at radius 2 is 1.82 bits per heavy atom. The number of aryl methyl sites for hydroxylation is 2. The highest BCUT2D eigenvalue weighted by atomic mass is 32.2. The summed E-state index contributed by atoms with van der Waals surface area (Å²) in [5.41, 5.74) is 3.79. The third-order valence-corrected chi connectivity index (χ3v) is 5.89. The molecule has 8 nitrogen and oxygen atoms in total. The summed E-state index contributed by atoms with van der Waals surface area (Å²) in [6, 6.07) is 13.3. The summed E-state index contributed by atoms with van der Waals surface area (Å²) >= 11 is 1.18. The van der Waals surface area contributed by atoms with Crippen LogP contribution in [0.1, 0.15) is 16.7 Å². The summed E-state index contributed by atoms with van der Waals surface area (Å²) in [5, 5.41) is 3.29. The molecule has 0 fully saturated rings. The first-order valence-corrected chi connectivity index (χ1v) is 11.3. The number of fused-ring (bicyclic) bond motifs is 1. The summed E-state index contributed by atoms with van der Waals surface area (Å²) in [4.78, 5) is 38.7. The number of carbonyl (C=O) groups is 1. The van der Waals surface area contributed by atoms with Crippen LogP contribution in [0.2, 0.25) is 0 Å². The molecule has 0 aliphatic rings. The highest BCUT2D eigenvalue weighted by Gasteiger charge is 2.16. The molecule has 0 saturated carbocycles. The summed E-state index contributed by atoms with van der Waals surface area (Å²) in [6.45, 7) is 4.19. The Bertz CT molecular complexity index is 1370. The Hall–Kier alpha value is -3.72. The molecule has 0 radical (unpaired) electrons. The van der Waals surface area contributed by atoms with Gasteiger partial charge in [0.25, 0.3) is 5.56 Å². The molecule has 2 aromatic carbocycles. The number of rotatable bonds is 7. The fourth-order valence-corrected chi connectivity index (χ4v) is 4.34. The molecule has 0 saturated heterocycles. The maximum atomic E-state index is 13.2. The molecule has 33 heavy (non-hydrogen) atoms. The van der Waals surface area contributed by atoms with Gasteiger partial charge in [0.15, 0.2) is 16.3 Å². The number of carbonyl (C=O) groups excluding carboxylic acids is 1. The van der Waals surface area contributed by atoms with E-state index in [1.807, 2.05) is 56.3 Å². The van der Waals surface area contributed by atoms with Crippen LogP contribution in [0.5, 0.6) is 5.75 Å². The number of thioether (sulfide) groups is 1. The van der Waals surface area contributed by atoms with Gasteiger partial charge in [-0.3, -0.25) is 14.2 Å². The molecule has 2 heterocycles. The number of hydrogen-bond acceptors (Lipinski definition) is 7. The normalized spacial score (nSPS) is 10.9. The van der Waals surface area contributed by atoms with Crippen molar-refractivity contribution in [3.8, 4) is 5.75 Å². The average molecular weight is 462 g/mol. The van der Waals surface area contributed by atoms with Gasteiger partial charge in [-0.1, -0.05) is 36.0 Å². The van der Waals surface area contributed by atoms with Crippen LogP contribution in [0, 0.1) is 13.8 Å². The maximum Gasteiger partial charge on any atom is 0.282 e. The Kier molecular flexibility index (Phi) is 6.69. The number of ether oxygens (including phenoxy) is 1. The van der Waals surface area contributed by atoms with Crippen molar-refractivity contribution in [1.29, 1.82) is 0 Å². The predicted molar refractivity (Wildman–Crippen MR) is 129 cm³/mol. The van der Waals surface area contributed by atoms with Gasteiger partial charge in [-0.15, -0.1) is 0 Å². The van der Waals surface area contributed by atoms with Crippen molar-refractivity contribution in [2.24, 2.45) is 0 Å². The Morgan fingerprint density at radius 3 is 2.58 bits per heavy atom. The van der Waals surface area contributed by atoms with E-state index in [2.05, 4.69) is 20.3 Å². The van der Waals surface area contributed by atoms with E-state index in [4.69, 9.17) is 4.74 Å². The topological polar surface area (TPSA) is 99.0 Å². The number of methoxy groups -OCH3 is 1. The van der Waals surface area contributed by atoms with E-state index in [-0.39, 0.29) is 34.9 Å². The van der Waals surface area contributed by atoms with E-state index in [0.29, 0.717) is 10.9 Å². The zero-order valence-corrected chi connectivity index (χ0v) is 19.3. The molecule has 1 amide bonds. The lowest BCUT2D eigenvalue weighted by molar-refractivity contribution is -0.113. The Balaban J connectivity index is 1.63. The minimum absolute atomic E-state index is 0.0805. The summed E-state index contributed by atoms with van der Waals surface area (Å²) in [6.07, 6.45) is 2.95. The fourth-order valence-electron chi connectivity index (χ4n) is 3.56. The third kappa shape index (κ3) is 5.20.